The molecule has 0 amide bonds. The first-order valence-corrected chi connectivity index (χ1v) is 6.51. The van der Waals surface area contributed by atoms with Crippen molar-refractivity contribution >= 4 is 0 Å². The van der Waals surface area contributed by atoms with E-state index in [4.69, 9.17) is 5.73 Å². The summed E-state index contributed by atoms with van der Waals surface area (Å²) < 4.78 is 0. The second-order valence-electron chi connectivity index (χ2n) is 6.43. The third-order valence-corrected chi connectivity index (χ3v) is 4.17. The highest BCUT2D eigenvalue weighted by Gasteiger charge is 2.40. The lowest BCUT2D eigenvalue weighted by Crippen LogP contribution is -2.60. The fraction of sp³-hybridized carbons (Fsp3) is 1.00. The number of nitrogens with zero attached hydrogens (tertiary/aromatic N) is 1. The predicted molar refractivity (Wildman–Crippen MR) is 64.8 cm³/mol. The van der Waals surface area contributed by atoms with Crippen LogP contribution in [0.2, 0.25) is 0 Å². The van der Waals surface area contributed by atoms with Gasteiger partial charge < -0.3 is 5.73 Å². The molecule has 3 atom stereocenters. The van der Waals surface area contributed by atoms with Crippen LogP contribution in [-0.2, 0) is 0 Å². The predicted octanol–water partition coefficient (Wildman–Crippen LogP) is 2.38. The highest BCUT2D eigenvalue weighted by atomic mass is 15.2. The van der Waals surface area contributed by atoms with Crippen LogP contribution >= 0.6 is 0 Å². The summed E-state index contributed by atoms with van der Waals surface area (Å²) in [5, 5.41) is 0. The van der Waals surface area contributed by atoms with Crippen LogP contribution in [0.25, 0.3) is 0 Å². The minimum Gasteiger partial charge on any atom is -0.327 e. The van der Waals surface area contributed by atoms with Crippen molar-refractivity contribution in [2.45, 2.75) is 70.5 Å². The number of hydrogen-bond acceptors (Lipinski definition) is 2. The average Bonchev–Trinajstić information content (AvgIpc) is 2.15. The fourth-order valence-electron chi connectivity index (χ4n) is 3.50. The molecule has 1 saturated heterocycles. The van der Waals surface area contributed by atoms with Crippen molar-refractivity contribution in [2.24, 2.45) is 11.7 Å². The van der Waals surface area contributed by atoms with Gasteiger partial charge >= 0.3 is 0 Å². The number of piperidine rings is 1. The zero-order chi connectivity index (χ0) is 11.1. The van der Waals surface area contributed by atoms with Crippen molar-refractivity contribution in [2.75, 3.05) is 6.54 Å². The molecule has 0 aromatic heterocycles. The molecule has 15 heavy (non-hydrogen) atoms. The smallest absolute Gasteiger partial charge is 0.0171 e. The van der Waals surface area contributed by atoms with Crippen LogP contribution in [0.4, 0.5) is 0 Å². The molecule has 2 heteroatoms. The molecule has 3 unspecified atom stereocenters. The Morgan fingerprint density at radius 3 is 2.47 bits per heavy atom. The molecule has 2 N–H and O–H groups in total. The average molecular weight is 210 g/mol. The van der Waals surface area contributed by atoms with Crippen molar-refractivity contribution in [3.8, 4) is 0 Å². The maximum Gasteiger partial charge on any atom is 0.0171 e. The summed E-state index contributed by atoms with van der Waals surface area (Å²) in [5.41, 5.74) is 6.48. The summed E-state index contributed by atoms with van der Waals surface area (Å²) in [6, 6.07) is 1.22. The van der Waals surface area contributed by atoms with Gasteiger partial charge in [-0.15, -0.1) is 0 Å². The molecule has 1 aliphatic carbocycles. The Balaban J connectivity index is 2.13. The maximum absolute atomic E-state index is 6.19. The molecule has 1 saturated carbocycles. The fourth-order valence-corrected chi connectivity index (χ4v) is 3.50. The van der Waals surface area contributed by atoms with E-state index in [-0.39, 0.29) is 5.54 Å². The molecule has 88 valence electrons. The van der Waals surface area contributed by atoms with Crippen molar-refractivity contribution in [3.05, 3.63) is 0 Å². The molecule has 2 aliphatic rings. The molecular formula is C13H26N2. The normalized spacial score (nSPS) is 38.8. The summed E-state index contributed by atoms with van der Waals surface area (Å²) in [6.45, 7) is 8.09. The van der Waals surface area contributed by atoms with Gasteiger partial charge in [-0.1, -0.05) is 12.8 Å². The second kappa shape index (κ2) is 4.06. The van der Waals surface area contributed by atoms with Crippen LogP contribution in [0.5, 0.6) is 0 Å². The Kier molecular flexibility index (Phi) is 3.09. The van der Waals surface area contributed by atoms with Crippen molar-refractivity contribution in [3.63, 3.8) is 0 Å². The molecule has 0 bridgehead atoms. The van der Waals surface area contributed by atoms with Gasteiger partial charge in [-0.3, -0.25) is 4.90 Å². The zero-order valence-electron chi connectivity index (χ0n) is 10.5. The Bertz CT molecular complexity index is 219. The number of rotatable bonds is 0. The molecule has 0 aromatic rings. The van der Waals surface area contributed by atoms with Gasteiger partial charge in [0.15, 0.2) is 0 Å². The molecule has 2 rings (SSSR count). The highest BCUT2D eigenvalue weighted by molar-refractivity contribution is 4.96. The molecule has 2 nitrogen and oxygen atoms in total. The third kappa shape index (κ3) is 2.36. The first-order chi connectivity index (χ1) is 6.98. The Labute approximate surface area is 94.2 Å². The third-order valence-electron chi connectivity index (χ3n) is 4.17. The van der Waals surface area contributed by atoms with Crippen molar-refractivity contribution in [1.82, 2.24) is 4.90 Å². The monoisotopic (exact) mass is 210 g/mol. The molecule has 0 spiro atoms. The minimum atomic E-state index is 0.290. The minimum absolute atomic E-state index is 0.290. The first kappa shape index (κ1) is 11.4. The highest BCUT2D eigenvalue weighted by Crippen LogP contribution is 2.38. The van der Waals surface area contributed by atoms with E-state index in [1.165, 1.54) is 32.1 Å². The lowest BCUT2D eigenvalue weighted by atomic mass is 9.75. The quantitative estimate of drug-likeness (QED) is 0.665. The van der Waals surface area contributed by atoms with Gasteiger partial charge in [0.05, 0.1) is 0 Å². The van der Waals surface area contributed by atoms with Crippen molar-refractivity contribution < 1.29 is 0 Å². The molecule has 2 fully saturated rings. The van der Waals surface area contributed by atoms with Gasteiger partial charge in [0.25, 0.3) is 0 Å². The van der Waals surface area contributed by atoms with E-state index in [0.29, 0.717) is 6.04 Å². The van der Waals surface area contributed by atoms with Crippen LogP contribution in [0.1, 0.15) is 52.9 Å². The number of likely N-dealkylation sites (tertiary alicyclic amines) is 1. The van der Waals surface area contributed by atoms with Gasteiger partial charge in [0, 0.05) is 24.2 Å². The Morgan fingerprint density at radius 2 is 1.80 bits per heavy atom. The SMILES string of the molecule is CC(C)(C)N1CC(N)CC2CCCCC21. The van der Waals surface area contributed by atoms with Gasteiger partial charge in [0.1, 0.15) is 0 Å². The lowest BCUT2D eigenvalue weighted by Gasteiger charge is -2.52. The lowest BCUT2D eigenvalue weighted by molar-refractivity contribution is -0.0128. The van der Waals surface area contributed by atoms with Crippen molar-refractivity contribution in [1.29, 1.82) is 0 Å². The van der Waals surface area contributed by atoms with Crippen LogP contribution in [0.15, 0.2) is 0 Å². The van der Waals surface area contributed by atoms with E-state index in [0.717, 1.165) is 18.5 Å². The molecule has 1 aliphatic heterocycles. The summed E-state index contributed by atoms with van der Waals surface area (Å²) in [7, 11) is 0. The second-order valence-corrected chi connectivity index (χ2v) is 6.43. The van der Waals surface area contributed by atoms with E-state index in [1.807, 2.05) is 0 Å². The van der Waals surface area contributed by atoms with Gasteiger partial charge in [0.2, 0.25) is 0 Å². The largest absolute Gasteiger partial charge is 0.327 e. The molecule has 0 radical (unpaired) electrons. The Morgan fingerprint density at radius 1 is 1.13 bits per heavy atom. The first-order valence-electron chi connectivity index (χ1n) is 6.51. The van der Waals surface area contributed by atoms with Crippen LogP contribution < -0.4 is 5.73 Å². The van der Waals surface area contributed by atoms with E-state index in [9.17, 15) is 0 Å². The molecule has 0 aromatic carbocycles. The number of fused-ring (bicyclic) bond motifs is 1. The summed E-state index contributed by atoms with van der Waals surface area (Å²) in [5.74, 6) is 0.877. The molecular weight excluding hydrogens is 184 g/mol. The summed E-state index contributed by atoms with van der Waals surface area (Å²) >= 11 is 0. The van der Waals surface area contributed by atoms with Gasteiger partial charge in [-0.25, -0.2) is 0 Å². The summed E-state index contributed by atoms with van der Waals surface area (Å²) in [6.07, 6.45) is 6.91. The topological polar surface area (TPSA) is 29.3 Å². The van der Waals surface area contributed by atoms with E-state index in [2.05, 4.69) is 25.7 Å². The summed E-state index contributed by atoms with van der Waals surface area (Å²) in [4.78, 5) is 2.67. The molecule has 1 heterocycles. The van der Waals surface area contributed by atoms with E-state index >= 15 is 0 Å². The number of nitrogens with two attached hydrogens (primary N) is 1. The van der Waals surface area contributed by atoms with Gasteiger partial charge in [-0.05, 0) is 46.0 Å². The van der Waals surface area contributed by atoms with Crippen LogP contribution in [0.3, 0.4) is 0 Å². The van der Waals surface area contributed by atoms with Gasteiger partial charge in [-0.2, -0.15) is 0 Å². The maximum atomic E-state index is 6.19. The van der Waals surface area contributed by atoms with E-state index < -0.39 is 0 Å². The van der Waals surface area contributed by atoms with E-state index in [1.54, 1.807) is 0 Å². The van der Waals surface area contributed by atoms with Crippen LogP contribution in [-0.4, -0.2) is 29.1 Å². The number of hydrogen-bond donors (Lipinski definition) is 1. The van der Waals surface area contributed by atoms with Crippen LogP contribution in [0, 0.1) is 5.92 Å². The zero-order valence-corrected chi connectivity index (χ0v) is 10.5. The standard InChI is InChI=1S/C13H26N2/c1-13(2,3)15-9-11(14)8-10-6-4-5-7-12(10)15/h10-12H,4-9,14H2,1-3H3. The Hall–Kier alpha value is -0.0800.